The van der Waals surface area contributed by atoms with Crippen molar-refractivity contribution >= 4 is 42.1 Å². The minimum Gasteiger partial charge on any atom is -0.422 e. The summed E-state index contributed by atoms with van der Waals surface area (Å²) in [5.74, 6) is 0. The molecule has 1 saturated heterocycles. The highest BCUT2D eigenvalue weighted by atomic mass is 35.5. The lowest BCUT2D eigenvalue weighted by molar-refractivity contribution is 0.517. The molecule has 1 fully saturated rings. The molecule has 0 saturated carbocycles. The van der Waals surface area contributed by atoms with E-state index in [1.54, 1.807) is 0 Å². The quantitative estimate of drug-likeness (QED) is 0.868. The number of rotatable bonds is 1. The number of pyridine rings is 1. The normalized spacial score (nSPS) is 15.1. The summed E-state index contributed by atoms with van der Waals surface area (Å²) in [6, 6.07) is 4.56. The molecule has 1 aliphatic heterocycles. The number of hydrogen-bond donors (Lipinski definition) is 1. The van der Waals surface area contributed by atoms with Crippen molar-refractivity contribution in [2.75, 3.05) is 31.1 Å². The van der Waals surface area contributed by atoms with Crippen molar-refractivity contribution in [3.8, 4) is 0 Å². The summed E-state index contributed by atoms with van der Waals surface area (Å²) in [6.07, 6.45) is 0. The van der Waals surface area contributed by atoms with Crippen molar-refractivity contribution in [3.63, 3.8) is 0 Å². The van der Waals surface area contributed by atoms with Gasteiger partial charge in [0.1, 0.15) is 0 Å². The lowest BCUT2D eigenvalue weighted by Gasteiger charge is -2.25. The summed E-state index contributed by atoms with van der Waals surface area (Å²) in [4.78, 5) is 10.9. The van der Waals surface area contributed by atoms with E-state index < -0.39 is 0 Å². The van der Waals surface area contributed by atoms with E-state index in [-0.39, 0.29) is 24.8 Å². The highest BCUT2D eigenvalue weighted by molar-refractivity contribution is 5.85. The maximum absolute atomic E-state index is 5.69. The minimum absolute atomic E-state index is 0. The monoisotopic (exact) mass is 290 g/mol. The summed E-state index contributed by atoms with van der Waals surface area (Å²) in [7, 11) is 0. The van der Waals surface area contributed by atoms with E-state index in [0.29, 0.717) is 11.7 Å². The van der Waals surface area contributed by atoms with Crippen LogP contribution >= 0.6 is 24.8 Å². The van der Waals surface area contributed by atoms with Crippen LogP contribution in [0.5, 0.6) is 0 Å². The number of fused-ring (bicyclic) bond motifs is 1. The van der Waals surface area contributed by atoms with Crippen LogP contribution in [0.2, 0.25) is 0 Å². The number of nitrogens with zero attached hydrogens (tertiary/aromatic N) is 3. The van der Waals surface area contributed by atoms with E-state index in [0.717, 1.165) is 37.5 Å². The van der Waals surface area contributed by atoms with Crippen molar-refractivity contribution in [2.24, 2.45) is 0 Å². The van der Waals surface area contributed by atoms with Crippen LogP contribution in [0.25, 0.3) is 11.2 Å². The zero-order valence-electron chi connectivity index (χ0n) is 10.0. The first-order valence-electron chi connectivity index (χ1n) is 5.53. The fourth-order valence-electron chi connectivity index (χ4n) is 1.89. The van der Waals surface area contributed by atoms with Gasteiger partial charge in [0.15, 0.2) is 5.58 Å². The molecule has 0 radical (unpaired) electrons. The van der Waals surface area contributed by atoms with E-state index in [1.165, 1.54) is 0 Å². The maximum Gasteiger partial charge on any atom is 0.300 e. The van der Waals surface area contributed by atoms with Crippen LogP contribution in [0.1, 0.15) is 5.69 Å². The lowest BCUT2D eigenvalue weighted by Crippen LogP contribution is -2.43. The van der Waals surface area contributed by atoms with E-state index in [2.05, 4.69) is 20.2 Å². The van der Waals surface area contributed by atoms with Gasteiger partial charge in [0.2, 0.25) is 5.65 Å². The highest BCUT2D eigenvalue weighted by Crippen LogP contribution is 2.20. The summed E-state index contributed by atoms with van der Waals surface area (Å²) in [6.45, 7) is 5.78. The molecule has 0 spiro atoms. The van der Waals surface area contributed by atoms with Gasteiger partial charge in [0.25, 0.3) is 6.01 Å². The number of oxazole rings is 1. The summed E-state index contributed by atoms with van der Waals surface area (Å²) in [5, 5.41) is 3.30. The fraction of sp³-hybridized carbons (Fsp3) is 0.455. The Morgan fingerprint density at radius 2 is 1.89 bits per heavy atom. The third kappa shape index (κ3) is 2.85. The molecular weight excluding hydrogens is 275 g/mol. The Balaban J connectivity index is 0.000000810. The average molecular weight is 291 g/mol. The Bertz CT molecular complexity index is 511. The molecular formula is C11H16Cl2N4O. The van der Waals surface area contributed by atoms with Gasteiger partial charge in [0, 0.05) is 31.9 Å². The molecule has 3 rings (SSSR count). The van der Waals surface area contributed by atoms with Gasteiger partial charge in [-0.3, -0.25) is 0 Å². The van der Waals surface area contributed by atoms with Crippen LogP contribution in [0.3, 0.4) is 0 Å². The number of anilines is 1. The van der Waals surface area contributed by atoms with Crippen molar-refractivity contribution in [1.29, 1.82) is 0 Å². The Morgan fingerprint density at radius 3 is 2.61 bits per heavy atom. The highest BCUT2D eigenvalue weighted by Gasteiger charge is 2.16. The molecule has 0 amide bonds. The van der Waals surface area contributed by atoms with Gasteiger partial charge in [-0.2, -0.15) is 4.98 Å². The van der Waals surface area contributed by atoms with Gasteiger partial charge in [-0.25, -0.2) is 4.98 Å². The molecule has 2 aromatic rings. The predicted molar refractivity (Wildman–Crippen MR) is 76.1 cm³/mol. The van der Waals surface area contributed by atoms with Crippen LogP contribution in [0.4, 0.5) is 6.01 Å². The van der Waals surface area contributed by atoms with Crippen LogP contribution < -0.4 is 10.2 Å². The van der Waals surface area contributed by atoms with Crippen molar-refractivity contribution < 1.29 is 4.42 Å². The first-order chi connectivity index (χ1) is 7.83. The summed E-state index contributed by atoms with van der Waals surface area (Å²) >= 11 is 0. The molecule has 100 valence electrons. The van der Waals surface area contributed by atoms with E-state index >= 15 is 0 Å². The number of hydrogen-bond acceptors (Lipinski definition) is 5. The van der Waals surface area contributed by atoms with Crippen molar-refractivity contribution in [3.05, 3.63) is 17.8 Å². The second-order valence-corrected chi connectivity index (χ2v) is 4.01. The van der Waals surface area contributed by atoms with Crippen LogP contribution in [-0.2, 0) is 0 Å². The van der Waals surface area contributed by atoms with Crippen molar-refractivity contribution in [2.45, 2.75) is 6.92 Å². The molecule has 0 bridgehead atoms. The number of nitrogens with one attached hydrogen (secondary N) is 1. The van der Waals surface area contributed by atoms with E-state index in [4.69, 9.17) is 4.42 Å². The molecule has 0 unspecified atom stereocenters. The smallest absolute Gasteiger partial charge is 0.300 e. The number of aryl methyl sites for hydroxylation is 1. The maximum atomic E-state index is 5.69. The molecule has 0 aromatic carbocycles. The fourth-order valence-corrected chi connectivity index (χ4v) is 1.89. The second kappa shape index (κ2) is 6.22. The number of aromatic nitrogens is 2. The first-order valence-corrected chi connectivity index (χ1v) is 5.53. The molecule has 18 heavy (non-hydrogen) atoms. The Morgan fingerprint density at radius 1 is 1.17 bits per heavy atom. The van der Waals surface area contributed by atoms with Crippen molar-refractivity contribution in [1.82, 2.24) is 15.3 Å². The minimum atomic E-state index is 0. The molecule has 2 aromatic heterocycles. The van der Waals surface area contributed by atoms with Gasteiger partial charge in [-0.1, -0.05) is 0 Å². The Labute approximate surface area is 118 Å². The molecule has 1 N–H and O–H groups in total. The molecule has 5 nitrogen and oxygen atoms in total. The van der Waals surface area contributed by atoms with Gasteiger partial charge in [-0.15, -0.1) is 24.8 Å². The molecule has 1 aliphatic rings. The number of piperazine rings is 1. The SMILES string of the molecule is Cc1ccc2oc(N3CCNCC3)nc2n1.Cl.Cl. The van der Waals surface area contributed by atoms with Gasteiger partial charge >= 0.3 is 0 Å². The zero-order valence-corrected chi connectivity index (χ0v) is 11.7. The second-order valence-electron chi connectivity index (χ2n) is 4.01. The average Bonchev–Trinajstić information content (AvgIpc) is 2.73. The zero-order chi connectivity index (χ0) is 11.0. The van der Waals surface area contributed by atoms with E-state index in [9.17, 15) is 0 Å². The van der Waals surface area contributed by atoms with Crippen LogP contribution in [-0.4, -0.2) is 36.1 Å². The van der Waals surface area contributed by atoms with Crippen LogP contribution in [0, 0.1) is 6.92 Å². The van der Waals surface area contributed by atoms with E-state index in [1.807, 2.05) is 19.1 Å². The Hall–Kier alpha value is -1.04. The lowest BCUT2D eigenvalue weighted by atomic mass is 10.4. The third-order valence-electron chi connectivity index (χ3n) is 2.77. The summed E-state index contributed by atoms with van der Waals surface area (Å²) in [5.41, 5.74) is 2.43. The summed E-state index contributed by atoms with van der Waals surface area (Å²) < 4.78 is 5.69. The molecule has 3 heterocycles. The molecule has 7 heteroatoms. The Kier molecular flexibility index (Phi) is 5.19. The topological polar surface area (TPSA) is 54.2 Å². The largest absolute Gasteiger partial charge is 0.422 e. The first kappa shape index (κ1) is 15.0. The predicted octanol–water partition coefficient (Wildman–Crippen LogP) is 1.78. The standard InChI is InChI=1S/C11H14N4O.2ClH/c1-8-2-3-9-10(13-8)14-11(16-9)15-6-4-12-5-7-15;;/h2-3,12H,4-7H2,1H3;2*1H. The van der Waals surface area contributed by atoms with Gasteiger partial charge in [0.05, 0.1) is 0 Å². The van der Waals surface area contributed by atoms with Gasteiger partial charge < -0.3 is 14.6 Å². The number of halogens is 2. The molecule has 0 atom stereocenters. The molecule has 0 aliphatic carbocycles. The van der Waals surface area contributed by atoms with Crippen LogP contribution in [0.15, 0.2) is 16.5 Å². The van der Waals surface area contributed by atoms with Gasteiger partial charge in [-0.05, 0) is 19.1 Å². The third-order valence-corrected chi connectivity index (χ3v) is 2.77.